The number of thiazole rings is 1. The molecule has 2 aliphatic heterocycles. The Morgan fingerprint density at radius 1 is 0.957 bits per heavy atom. The molecule has 9 nitrogen and oxygen atoms in total. The molecule has 2 fully saturated rings. The molecule has 0 radical (unpaired) electrons. The van der Waals surface area contributed by atoms with Gasteiger partial charge in [-0.2, -0.15) is 0 Å². The third kappa shape index (κ3) is 7.22. The highest BCUT2D eigenvalue weighted by atomic mass is 35.5. The Hall–Kier alpha value is -3.80. The van der Waals surface area contributed by atoms with Crippen LogP contribution >= 0.6 is 34.5 Å². The van der Waals surface area contributed by atoms with Crippen molar-refractivity contribution in [1.82, 2.24) is 14.1 Å². The standard InChI is InChI=1S/C35H36Cl2N6O3S/c1-2-41-19-20-47-34(41)39-27-4-6-28(7-5-27)42-15-17-43(18-16-42)29-8-10-30(11-9-29)44-22-31-23-45-35(46-31,24-40-14-13-38-25-40)32-12-3-26(36)21-33(32)37/h3-14,19-21,25,31H,2,15-18,22-24H2,1H3/b39-34-. The molecule has 244 valence electrons. The van der Waals surface area contributed by atoms with Crippen LogP contribution in [-0.2, 0) is 28.4 Å². The minimum atomic E-state index is -1.08. The van der Waals surface area contributed by atoms with Crippen molar-refractivity contribution in [2.24, 2.45) is 4.99 Å². The zero-order valence-corrected chi connectivity index (χ0v) is 28.4. The van der Waals surface area contributed by atoms with Crippen molar-refractivity contribution in [3.05, 3.63) is 117 Å². The molecule has 0 aliphatic carbocycles. The maximum absolute atomic E-state index is 6.60. The summed E-state index contributed by atoms with van der Waals surface area (Å²) in [6.45, 7) is 7.93. The molecule has 0 saturated carbocycles. The Kier molecular flexibility index (Phi) is 9.55. The number of anilines is 2. The average Bonchev–Trinajstić information content (AvgIpc) is 3.87. The van der Waals surface area contributed by atoms with Crippen molar-refractivity contribution in [1.29, 1.82) is 0 Å². The van der Waals surface area contributed by atoms with Gasteiger partial charge >= 0.3 is 0 Å². The fourth-order valence-corrected chi connectivity index (χ4v) is 7.38. The lowest BCUT2D eigenvalue weighted by atomic mass is 10.1. The largest absolute Gasteiger partial charge is 0.491 e. The quantitative estimate of drug-likeness (QED) is 0.158. The third-order valence-corrected chi connectivity index (χ3v) is 9.85. The summed E-state index contributed by atoms with van der Waals surface area (Å²) in [5.41, 5.74) is 4.11. The summed E-state index contributed by atoms with van der Waals surface area (Å²) in [6, 6.07) is 22.2. The number of benzene rings is 3. The van der Waals surface area contributed by atoms with Crippen LogP contribution in [0, 0.1) is 0 Å². The number of ether oxygens (including phenoxy) is 3. The molecule has 0 N–H and O–H groups in total. The molecule has 4 heterocycles. The van der Waals surface area contributed by atoms with Crippen LogP contribution < -0.4 is 19.3 Å². The van der Waals surface area contributed by atoms with Gasteiger partial charge in [0.25, 0.3) is 0 Å². The number of hydrogen-bond acceptors (Lipinski definition) is 8. The zero-order chi connectivity index (χ0) is 32.2. The van der Waals surface area contributed by atoms with E-state index in [1.54, 1.807) is 36.0 Å². The summed E-state index contributed by atoms with van der Waals surface area (Å²) in [4.78, 5) is 14.8. The van der Waals surface area contributed by atoms with Crippen LogP contribution in [-0.4, -0.2) is 59.6 Å². The number of halogens is 2. The summed E-state index contributed by atoms with van der Waals surface area (Å²) in [7, 11) is 0. The van der Waals surface area contributed by atoms with Crippen LogP contribution in [0.3, 0.4) is 0 Å². The fourth-order valence-electron chi connectivity index (χ4n) is 6.02. The van der Waals surface area contributed by atoms with E-state index in [1.165, 1.54) is 11.4 Å². The Morgan fingerprint density at radius 2 is 1.68 bits per heavy atom. The van der Waals surface area contributed by atoms with E-state index in [9.17, 15) is 0 Å². The molecule has 2 saturated heterocycles. The number of rotatable bonds is 10. The van der Waals surface area contributed by atoms with Gasteiger partial charge in [-0.25, -0.2) is 9.98 Å². The molecule has 47 heavy (non-hydrogen) atoms. The molecular weight excluding hydrogens is 655 g/mol. The minimum absolute atomic E-state index is 0.288. The van der Waals surface area contributed by atoms with E-state index in [2.05, 4.69) is 74.2 Å². The Bertz CT molecular complexity index is 1840. The predicted molar refractivity (Wildman–Crippen MR) is 187 cm³/mol. The Balaban J connectivity index is 0.927. The van der Waals surface area contributed by atoms with Gasteiger partial charge < -0.3 is 33.1 Å². The molecule has 0 bridgehead atoms. The number of piperazine rings is 1. The maximum atomic E-state index is 6.60. The monoisotopic (exact) mass is 690 g/mol. The van der Waals surface area contributed by atoms with Crippen LogP contribution in [0.15, 0.2) is 102 Å². The first kappa shape index (κ1) is 31.8. The van der Waals surface area contributed by atoms with E-state index < -0.39 is 5.79 Å². The van der Waals surface area contributed by atoms with E-state index in [0.29, 0.717) is 29.8 Å². The first-order chi connectivity index (χ1) is 23.0. The van der Waals surface area contributed by atoms with Crippen molar-refractivity contribution in [3.63, 3.8) is 0 Å². The summed E-state index contributed by atoms with van der Waals surface area (Å²) in [6.07, 6.45) is 7.11. The number of aromatic nitrogens is 3. The van der Waals surface area contributed by atoms with Crippen molar-refractivity contribution in [2.75, 3.05) is 49.2 Å². The van der Waals surface area contributed by atoms with Crippen LogP contribution in [0.25, 0.3) is 0 Å². The van der Waals surface area contributed by atoms with E-state index in [4.69, 9.17) is 42.4 Å². The van der Waals surface area contributed by atoms with Crippen LogP contribution in [0.1, 0.15) is 12.5 Å². The lowest BCUT2D eigenvalue weighted by molar-refractivity contribution is -0.189. The first-order valence-electron chi connectivity index (χ1n) is 15.7. The Labute approximate surface area is 288 Å². The number of hydrogen-bond donors (Lipinski definition) is 0. The molecule has 12 heteroatoms. The number of imidazole rings is 1. The van der Waals surface area contributed by atoms with Gasteiger partial charge in [0.05, 0.1) is 30.2 Å². The highest BCUT2D eigenvalue weighted by Gasteiger charge is 2.45. The maximum Gasteiger partial charge on any atom is 0.215 e. The van der Waals surface area contributed by atoms with Crippen molar-refractivity contribution in [2.45, 2.75) is 31.9 Å². The van der Waals surface area contributed by atoms with E-state index in [1.807, 2.05) is 29.0 Å². The second kappa shape index (κ2) is 14.1. The average molecular weight is 692 g/mol. The summed E-state index contributed by atoms with van der Waals surface area (Å²) >= 11 is 14.4. The molecular formula is C35H36Cl2N6O3S. The topological polar surface area (TPSA) is 69.3 Å². The van der Waals surface area contributed by atoms with E-state index >= 15 is 0 Å². The number of aryl methyl sites for hydroxylation is 1. The van der Waals surface area contributed by atoms with Gasteiger partial charge in [-0.3, -0.25) is 0 Å². The Morgan fingerprint density at radius 3 is 2.34 bits per heavy atom. The number of nitrogens with zero attached hydrogens (tertiary/aromatic N) is 6. The highest BCUT2D eigenvalue weighted by molar-refractivity contribution is 7.07. The summed E-state index contributed by atoms with van der Waals surface area (Å²) in [5, 5.41) is 3.11. The highest BCUT2D eigenvalue weighted by Crippen LogP contribution is 2.40. The van der Waals surface area contributed by atoms with Crippen LogP contribution in [0.4, 0.5) is 17.1 Å². The van der Waals surface area contributed by atoms with Gasteiger partial charge in [-0.15, -0.1) is 11.3 Å². The molecule has 7 rings (SSSR count). The fraction of sp³-hybridized carbons (Fsp3) is 0.314. The normalized spacial score (nSPS) is 20.2. The van der Waals surface area contributed by atoms with Gasteiger partial charge in [0, 0.05) is 78.7 Å². The van der Waals surface area contributed by atoms with Crippen LogP contribution in [0.5, 0.6) is 5.75 Å². The molecule has 2 aromatic heterocycles. The van der Waals surface area contributed by atoms with Gasteiger partial charge in [0.15, 0.2) is 4.80 Å². The van der Waals surface area contributed by atoms with Gasteiger partial charge in [-0.05, 0) is 67.6 Å². The SMILES string of the molecule is CCn1ccs/c1=N\c1ccc(N2CCN(c3ccc(OCC4COC(Cn5ccnc5)(c5ccc(Cl)cc5Cl)O4)cc3)CC2)cc1. The van der Waals surface area contributed by atoms with Crippen LogP contribution in [0.2, 0.25) is 10.0 Å². The molecule has 0 spiro atoms. The lowest BCUT2D eigenvalue weighted by Crippen LogP contribution is -2.46. The van der Waals surface area contributed by atoms with Crippen molar-refractivity contribution < 1.29 is 14.2 Å². The molecule has 2 aliphatic rings. The summed E-state index contributed by atoms with van der Waals surface area (Å²) in [5.74, 6) is -0.299. The lowest BCUT2D eigenvalue weighted by Gasteiger charge is -2.37. The van der Waals surface area contributed by atoms with Gasteiger partial charge in [-0.1, -0.05) is 29.3 Å². The third-order valence-electron chi connectivity index (χ3n) is 8.51. The molecule has 3 aromatic carbocycles. The summed E-state index contributed by atoms with van der Waals surface area (Å²) < 4.78 is 23.0. The smallest absolute Gasteiger partial charge is 0.215 e. The molecule has 5 aromatic rings. The first-order valence-corrected chi connectivity index (χ1v) is 17.4. The zero-order valence-electron chi connectivity index (χ0n) is 26.0. The second-order valence-electron chi connectivity index (χ2n) is 11.5. The van der Waals surface area contributed by atoms with E-state index in [-0.39, 0.29) is 6.10 Å². The molecule has 0 amide bonds. The minimum Gasteiger partial charge on any atom is -0.491 e. The molecule has 2 unspecified atom stereocenters. The predicted octanol–water partition coefficient (Wildman–Crippen LogP) is 6.98. The van der Waals surface area contributed by atoms with E-state index in [0.717, 1.165) is 54.5 Å². The van der Waals surface area contributed by atoms with Gasteiger partial charge in [0.2, 0.25) is 5.79 Å². The molecule has 2 atom stereocenters. The van der Waals surface area contributed by atoms with Gasteiger partial charge in [0.1, 0.15) is 18.5 Å². The van der Waals surface area contributed by atoms with Crippen molar-refractivity contribution >= 4 is 51.6 Å². The van der Waals surface area contributed by atoms with Crippen molar-refractivity contribution in [3.8, 4) is 5.75 Å². The second-order valence-corrected chi connectivity index (χ2v) is 13.3.